The van der Waals surface area contributed by atoms with Gasteiger partial charge in [0.05, 0.1) is 5.69 Å². The van der Waals surface area contributed by atoms with Crippen molar-refractivity contribution in [1.82, 2.24) is 0 Å². The van der Waals surface area contributed by atoms with E-state index < -0.39 is 0 Å². The van der Waals surface area contributed by atoms with Crippen LogP contribution in [-0.2, 0) is 0 Å². The van der Waals surface area contributed by atoms with Crippen LogP contribution in [0.5, 0.6) is 0 Å². The molecule has 9 rings (SSSR count). The van der Waals surface area contributed by atoms with Gasteiger partial charge in [-0.25, -0.2) is 0 Å². The summed E-state index contributed by atoms with van der Waals surface area (Å²) in [7, 11) is 0. The van der Waals surface area contributed by atoms with Gasteiger partial charge in [0.15, 0.2) is 0 Å². The van der Waals surface area contributed by atoms with Crippen LogP contribution in [-0.4, -0.2) is 0 Å². The minimum absolute atomic E-state index is 0.836. The van der Waals surface area contributed by atoms with Crippen LogP contribution in [0, 0.1) is 0 Å². The Balaban J connectivity index is 1.26. The first-order valence-electron chi connectivity index (χ1n) is 15.2. The highest BCUT2D eigenvalue weighted by Crippen LogP contribution is 2.45. The van der Waals surface area contributed by atoms with Gasteiger partial charge in [0.2, 0.25) is 0 Å². The van der Waals surface area contributed by atoms with Gasteiger partial charge in [0.25, 0.3) is 0 Å². The number of hydrogen-bond acceptors (Lipinski definition) is 3. The smallest absolute Gasteiger partial charge is 0.137 e. The molecule has 0 amide bonds. The molecule has 0 radical (unpaired) electrons. The van der Waals surface area contributed by atoms with Gasteiger partial charge in [-0.15, -0.1) is 0 Å². The van der Waals surface area contributed by atoms with Crippen LogP contribution >= 0.6 is 0 Å². The molecule has 0 spiro atoms. The topological polar surface area (TPSA) is 29.5 Å². The number of fused-ring (bicyclic) bond motifs is 7. The summed E-state index contributed by atoms with van der Waals surface area (Å²) in [6, 6.07) is 57.2. The molecule has 2 aromatic heterocycles. The fourth-order valence-corrected chi connectivity index (χ4v) is 6.60. The van der Waals surface area contributed by atoms with Crippen LogP contribution < -0.4 is 4.90 Å². The minimum atomic E-state index is 0.836. The molecule has 7 aromatic carbocycles. The van der Waals surface area contributed by atoms with Crippen molar-refractivity contribution >= 4 is 60.9 Å². The van der Waals surface area contributed by atoms with Crippen LogP contribution in [0.4, 0.5) is 17.1 Å². The normalized spacial score (nSPS) is 11.6. The second-order valence-corrected chi connectivity index (χ2v) is 11.3. The Morgan fingerprint density at radius 1 is 0.356 bits per heavy atom. The summed E-state index contributed by atoms with van der Waals surface area (Å²) in [5, 5.41) is 4.35. The SMILES string of the molecule is c1ccc(-c2ccc(N(c3ccc4c(c3)oc3ccc5oc6ccccc6c5c34)c3ccccc3-c3ccccc3)cc2)cc1. The zero-order chi connectivity index (χ0) is 29.7. The van der Waals surface area contributed by atoms with E-state index in [0.717, 1.165) is 72.1 Å². The molecule has 0 N–H and O–H groups in total. The zero-order valence-electron chi connectivity index (χ0n) is 24.4. The molecule has 212 valence electrons. The number of nitrogens with zero attached hydrogens (tertiary/aromatic N) is 1. The van der Waals surface area contributed by atoms with E-state index in [1.807, 2.05) is 30.3 Å². The van der Waals surface area contributed by atoms with Crippen molar-refractivity contribution in [3.8, 4) is 22.3 Å². The Morgan fingerprint density at radius 3 is 1.67 bits per heavy atom. The van der Waals surface area contributed by atoms with Crippen LogP contribution in [0.2, 0.25) is 0 Å². The van der Waals surface area contributed by atoms with E-state index in [2.05, 4.69) is 138 Å². The van der Waals surface area contributed by atoms with Gasteiger partial charge in [-0.1, -0.05) is 109 Å². The second kappa shape index (κ2) is 10.3. The summed E-state index contributed by atoms with van der Waals surface area (Å²) in [4.78, 5) is 2.33. The summed E-state index contributed by atoms with van der Waals surface area (Å²) >= 11 is 0. The van der Waals surface area contributed by atoms with Crippen LogP contribution in [0.25, 0.3) is 66.1 Å². The van der Waals surface area contributed by atoms with Crippen molar-refractivity contribution < 1.29 is 8.83 Å². The Kier molecular flexibility index (Phi) is 5.82. The van der Waals surface area contributed by atoms with Gasteiger partial charge in [-0.2, -0.15) is 0 Å². The second-order valence-electron chi connectivity index (χ2n) is 11.3. The van der Waals surface area contributed by atoms with Gasteiger partial charge in [0, 0.05) is 44.5 Å². The van der Waals surface area contributed by atoms with Gasteiger partial charge in [-0.05, 0) is 65.2 Å². The molecule has 2 heterocycles. The Bertz CT molecular complexity index is 2470. The quantitative estimate of drug-likeness (QED) is 0.204. The summed E-state index contributed by atoms with van der Waals surface area (Å²) in [5.74, 6) is 0. The van der Waals surface area contributed by atoms with Crippen molar-refractivity contribution in [2.45, 2.75) is 0 Å². The molecule has 45 heavy (non-hydrogen) atoms. The third-order valence-corrected chi connectivity index (χ3v) is 8.68. The molecule has 0 saturated heterocycles. The molecule has 0 aliphatic heterocycles. The lowest BCUT2D eigenvalue weighted by Crippen LogP contribution is -2.11. The predicted octanol–water partition coefficient (Wildman–Crippen LogP) is 12.3. The Morgan fingerprint density at radius 2 is 0.911 bits per heavy atom. The van der Waals surface area contributed by atoms with E-state index in [0.29, 0.717) is 0 Å². The number of benzene rings is 7. The zero-order valence-corrected chi connectivity index (χ0v) is 24.4. The monoisotopic (exact) mass is 577 g/mol. The third-order valence-electron chi connectivity index (χ3n) is 8.68. The molecule has 0 atom stereocenters. The summed E-state index contributed by atoms with van der Waals surface area (Å²) in [5.41, 5.74) is 11.3. The molecule has 0 aliphatic carbocycles. The lowest BCUT2D eigenvalue weighted by molar-refractivity contribution is 0.663. The number of para-hydroxylation sites is 2. The first kappa shape index (κ1) is 25.4. The first-order chi connectivity index (χ1) is 22.3. The van der Waals surface area contributed by atoms with Crippen LogP contribution in [0.15, 0.2) is 173 Å². The average molecular weight is 578 g/mol. The molecule has 9 aromatic rings. The van der Waals surface area contributed by atoms with Crippen molar-refractivity contribution in [3.63, 3.8) is 0 Å². The number of furan rings is 2. The lowest BCUT2D eigenvalue weighted by atomic mass is 10.0. The van der Waals surface area contributed by atoms with Crippen molar-refractivity contribution in [2.75, 3.05) is 4.90 Å². The highest BCUT2D eigenvalue weighted by Gasteiger charge is 2.20. The van der Waals surface area contributed by atoms with Gasteiger partial charge >= 0.3 is 0 Å². The number of rotatable bonds is 5. The highest BCUT2D eigenvalue weighted by atomic mass is 16.3. The average Bonchev–Trinajstić information content (AvgIpc) is 3.67. The first-order valence-corrected chi connectivity index (χ1v) is 15.2. The van der Waals surface area contributed by atoms with Crippen molar-refractivity contribution in [2.24, 2.45) is 0 Å². The van der Waals surface area contributed by atoms with Crippen LogP contribution in [0.1, 0.15) is 0 Å². The van der Waals surface area contributed by atoms with Gasteiger partial charge in [-0.3, -0.25) is 0 Å². The highest BCUT2D eigenvalue weighted by molar-refractivity contribution is 6.25. The van der Waals surface area contributed by atoms with E-state index in [4.69, 9.17) is 8.83 Å². The van der Waals surface area contributed by atoms with E-state index in [-0.39, 0.29) is 0 Å². The Hall–Kier alpha value is -6.06. The van der Waals surface area contributed by atoms with E-state index >= 15 is 0 Å². The fourth-order valence-electron chi connectivity index (χ4n) is 6.60. The lowest BCUT2D eigenvalue weighted by Gasteiger charge is -2.28. The third kappa shape index (κ3) is 4.21. The van der Waals surface area contributed by atoms with E-state index in [1.54, 1.807) is 0 Å². The largest absolute Gasteiger partial charge is 0.456 e. The molecule has 0 bridgehead atoms. The van der Waals surface area contributed by atoms with Gasteiger partial charge < -0.3 is 13.7 Å². The van der Waals surface area contributed by atoms with Crippen molar-refractivity contribution in [1.29, 1.82) is 0 Å². The summed E-state index contributed by atoms with van der Waals surface area (Å²) < 4.78 is 12.8. The maximum atomic E-state index is 6.56. The molecule has 0 aliphatic rings. The maximum Gasteiger partial charge on any atom is 0.137 e. The maximum absolute atomic E-state index is 6.56. The molecular weight excluding hydrogens is 550 g/mol. The van der Waals surface area contributed by atoms with Crippen LogP contribution in [0.3, 0.4) is 0 Å². The van der Waals surface area contributed by atoms with Crippen molar-refractivity contribution in [3.05, 3.63) is 164 Å². The summed E-state index contributed by atoms with van der Waals surface area (Å²) in [6.45, 7) is 0. The summed E-state index contributed by atoms with van der Waals surface area (Å²) in [6.07, 6.45) is 0. The Labute approximate surface area is 260 Å². The fraction of sp³-hybridized carbons (Fsp3) is 0. The van der Waals surface area contributed by atoms with E-state index in [1.165, 1.54) is 11.1 Å². The van der Waals surface area contributed by atoms with Gasteiger partial charge in [0.1, 0.15) is 22.3 Å². The standard InChI is InChI=1S/C42H27NO2/c1-3-11-28(12-4-1)29-19-21-31(22-20-29)43(36-17-9-7-15-33(36)30-13-5-2-6-14-30)32-23-24-35-40(27-32)45-39-26-25-38-41(42(35)39)34-16-8-10-18-37(34)44-38/h1-27H. The van der Waals surface area contributed by atoms with E-state index in [9.17, 15) is 0 Å². The number of anilines is 3. The molecule has 3 heteroatoms. The molecule has 3 nitrogen and oxygen atoms in total. The molecule has 0 unspecified atom stereocenters. The molecular formula is C42H27NO2. The molecule has 0 saturated carbocycles. The predicted molar refractivity (Wildman–Crippen MR) is 187 cm³/mol. The number of hydrogen-bond donors (Lipinski definition) is 0. The molecule has 0 fully saturated rings. The minimum Gasteiger partial charge on any atom is -0.456 e.